The molecular formula is C15H20N2O2. The van der Waals surface area contributed by atoms with Crippen molar-refractivity contribution in [1.82, 2.24) is 5.32 Å². The Labute approximate surface area is 114 Å². The van der Waals surface area contributed by atoms with Gasteiger partial charge in [0.15, 0.2) is 0 Å². The van der Waals surface area contributed by atoms with Crippen LogP contribution in [0.2, 0.25) is 0 Å². The average Bonchev–Trinajstić information content (AvgIpc) is 2.41. The number of rotatable bonds is 5. The molecular weight excluding hydrogens is 240 g/mol. The summed E-state index contributed by atoms with van der Waals surface area (Å²) in [6.07, 6.45) is 0.0495. The molecule has 4 heteroatoms. The van der Waals surface area contributed by atoms with Crippen molar-refractivity contribution in [2.45, 2.75) is 26.5 Å². The van der Waals surface area contributed by atoms with Gasteiger partial charge in [0, 0.05) is 12.1 Å². The molecule has 1 aromatic carbocycles. The Morgan fingerprint density at radius 1 is 1.42 bits per heavy atom. The number of nitrogens with one attached hydrogen (secondary N) is 1. The van der Waals surface area contributed by atoms with Crippen LogP contribution < -0.4 is 11.1 Å². The molecule has 1 amide bonds. The van der Waals surface area contributed by atoms with Crippen molar-refractivity contribution in [1.29, 1.82) is 0 Å². The van der Waals surface area contributed by atoms with Gasteiger partial charge in [-0.05, 0) is 25.5 Å². The minimum atomic E-state index is -0.129. The first kappa shape index (κ1) is 15.2. The molecule has 0 heterocycles. The molecule has 1 aromatic rings. The van der Waals surface area contributed by atoms with Crippen molar-refractivity contribution in [2.75, 3.05) is 13.2 Å². The van der Waals surface area contributed by atoms with Crippen LogP contribution in [0.1, 0.15) is 25.0 Å². The molecule has 0 aromatic heterocycles. The van der Waals surface area contributed by atoms with Gasteiger partial charge in [0.1, 0.15) is 6.61 Å². The Bertz CT molecular complexity index is 473. The maximum Gasteiger partial charge on any atom is 0.246 e. The van der Waals surface area contributed by atoms with E-state index in [0.717, 1.165) is 11.1 Å². The average molecular weight is 260 g/mol. The highest BCUT2D eigenvalue weighted by Crippen LogP contribution is 2.06. The summed E-state index contributed by atoms with van der Waals surface area (Å²) in [5, 5.41) is 2.81. The molecule has 0 saturated heterocycles. The highest BCUT2D eigenvalue weighted by molar-refractivity contribution is 5.77. The molecule has 0 aliphatic rings. The van der Waals surface area contributed by atoms with Crippen LogP contribution >= 0.6 is 0 Å². The molecule has 3 N–H and O–H groups in total. The van der Waals surface area contributed by atoms with Crippen LogP contribution in [0.25, 0.3) is 0 Å². The van der Waals surface area contributed by atoms with Crippen molar-refractivity contribution in [3.63, 3.8) is 0 Å². The van der Waals surface area contributed by atoms with Crippen molar-refractivity contribution < 1.29 is 9.53 Å². The zero-order valence-electron chi connectivity index (χ0n) is 11.4. The van der Waals surface area contributed by atoms with Gasteiger partial charge in [-0.1, -0.05) is 30.0 Å². The minimum absolute atomic E-state index is 0.0495. The fourth-order valence-corrected chi connectivity index (χ4v) is 1.43. The Morgan fingerprint density at radius 2 is 2.16 bits per heavy atom. The van der Waals surface area contributed by atoms with Gasteiger partial charge >= 0.3 is 0 Å². The van der Waals surface area contributed by atoms with Crippen LogP contribution in [0.5, 0.6) is 0 Å². The van der Waals surface area contributed by atoms with E-state index in [1.165, 1.54) is 0 Å². The number of carbonyl (C=O) groups excluding carboxylic acids is 1. The first-order valence-electron chi connectivity index (χ1n) is 6.28. The van der Waals surface area contributed by atoms with Gasteiger partial charge in [-0.3, -0.25) is 4.79 Å². The molecule has 0 unspecified atom stereocenters. The predicted molar refractivity (Wildman–Crippen MR) is 75.3 cm³/mol. The molecule has 0 atom stereocenters. The van der Waals surface area contributed by atoms with Gasteiger partial charge in [-0.2, -0.15) is 0 Å². The largest absolute Gasteiger partial charge is 0.369 e. The number of hydrogen-bond acceptors (Lipinski definition) is 3. The van der Waals surface area contributed by atoms with Crippen LogP contribution in [0.3, 0.4) is 0 Å². The Hall–Kier alpha value is -1.83. The molecule has 0 spiro atoms. The van der Waals surface area contributed by atoms with E-state index >= 15 is 0 Å². The second-order valence-corrected chi connectivity index (χ2v) is 4.30. The summed E-state index contributed by atoms with van der Waals surface area (Å²) in [5.74, 6) is 5.67. The Balaban J connectivity index is 2.55. The van der Waals surface area contributed by atoms with Crippen LogP contribution in [0, 0.1) is 11.8 Å². The lowest BCUT2D eigenvalue weighted by Crippen LogP contribution is -2.28. The monoisotopic (exact) mass is 260 g/mol. The lowest BCUT2D eigenvalue weighted by atomic mass is 10.1. The van der Waals surface area contributed by atoms with E-state index < -0.39 is 0 Å². The van der Waals surface area contributed by atoms with E-state index in [-0.39, 0.29) is 18.6 Å². The minimum Gasteiger partial charge on any atom is -0.369 e. The number of ether oxygens (including phenoxy) is 1. The van der Waals surface area contributed by atoms with Gasteiger partial charge in [-0.25, -0.2) is 0 Å². The zero-order valence-corrected chi connectivity index (χ0v) is 11.4. The van der Waals surface area contributed by atoms with E-state index in [9.17, 15) is 4.79 Å². The van der Waals surface area contributed by atoms with E-state index in [2.05, 4.69) is 17.2 Å². The van der Waals surface area contributed by atoms with Crippen molar-refractivity contribution >= 4 is 5.91 Å². The summed E-state index contributed by atoms with van der Waals surface area (Å²) in [6, 6.07) is 7.67. The summed E-state index contributed by atoms with van der Waals surface area (Å²) in [5.41, 5.74) is 7.22. The molecule has 0 fully saturated rings. The number of benzene rings is 1. The molecule has 1 rings (SSSR count). The first-order valence-corrected chi connectivity index (χ1v) is 6.28. The van der Waals surface area contributed by atoms with Crippen molar-refractivity contribution in [3.05, 3.63) is 35.4 Å². The van der Waals surface area contributed by atoms with Crippen LogP contribution in [0.15, 0.2) is 24.3 Å². The van der Waals surface area contributed by atoms with Crippen LogP contribution in [0.4, 0.5) is 0 Å². The number of carbonyl (C=O) groups is 1. The second-order valence-electron chi connectivity index (χ2n) is 4.30. The lowest BCUT2D eigenvalue weighted by molar-refractivity contribution is -0.127. The van der Waals surface area contributed by atoms with E-state index in [0.29, 0.717) is 13.1 Å². The lowest BCUT2D eigenvalue weighted by Gasteiger charge is -2.09. The van der Waals surface area contributed by atoms with Gasteiger partial charge < -0.3 is 15.8 Å². The summed E-state index contributed by atoms with van der Waals surface area (Å²) in [4.78, 5) is 11.6. The number of amides is 1. The number of hydrogen-bond donors (Lipinski definition) is 2. The van der Waals surface area contributed by atoms with Crippen molar-refractivity contribution in [3.8, 4) is 11.8 Å². The van der Waals surface area contributed by atoms with E-state index in [4.69, 9.17) is 10.5 Å². The van der Waals surface area contributed by atoms with Gasteiger partial charge in [0.25, 0.3) is 0 Å². The van der Waals surface area contributed by atoms with E-state index in [1.807, 2.05) is 38.1 Å². The normalized spacial score (nSPS) is 9.89. The Morgan fingerprint density at radius 3 is 2.84 bits per heavy atom. The maximum absolute atomic E-state index is 11.6. The highest BCUT2D eigenvalue weighted by atomic mass is 16.5. The predicted octanol–water partition coefficient (Wildman–Crippen LogP) is 1.04. The third kappa shape index (κ3) is 6.05. The highest BCUT2D eigenvalue weighted by Gasteiger charge is 2.04. The second kappa shape index (κ2) is 8.30. The quantitative estimate of drug-likeness (QED) is 0.777. The first-order chi connectivity index (χ1) is 9.13. The SMILES string of the molecule is CC(C)OCC(=O)NCc1ccccc1C#CCN. The third-order valence-corrected chi connectivity index (χ3v) is 2.37. The number of nitrogens with two attached hydrogens (primary N) is 1. The maximum atomic E-state index is 11.6. The van der Waals surface area contributed by atoms with Gasteiger partial charge in [0.2, 0.25) is 5.91 Å². The molecule has 0 aliphatic carbocycles. The van der Waals surface area contributed by atoms with Crippen molar-refractivity contribution in [2.24, 2.45) is 5.73 Å². The van der Waals surface area contributed by atoms with Crippen LogP contribution in [-0.4, -0.2) is 25.2 Å². The summed E-state index contributed by atoms with van der Waals surface area (Å²) in [6.45, 7) is 4.63. The molecule has 4 nitrogen and oxygen atoms in total. The smallest absolute Gasteiger partial charge is 0.246 e. The summed E-state index contributed by atoms with van der Waals surface area (Å²) >= 11 is 0. The molecule has 102 valence electrons. The van der Waals surface area contributed by atoms with Gasteiger partial charge in [0.05, 0.1) is 12.6 Å². The zero-order chi connectivity index (χ0) is 14.1. The summed E-state index contributed by atoms with van der Waals surface area (Å²) in [7, 11) is 0. The fourth-order valence-electron chi connectivity index (χ4n) is 1.43. The fraction of sp³-hybridized carbons (Fsp3) is 0.400. The standard InChI is InChI=1S/C15H20N2O2/c1-12(2)19-11-15(18)17-10-14-7-4-3-6-13(14)8-5-9-16/h3-4,6-7,12H,9-11,16H2,1-2H3,(H,17,18). The molecule has 19 heavy (non-hydrogen) atoms. The molecule has 0 aliphatic heterocycles. The molecule has 0 saturated carbocycles. The molecule has 0 radical (unpaired) electrons. The van der Waals surface area contributed by atoms with Crippen LogP contribution in [-0.2, 0) is 16.1 Å². The third-order valence-electron chi connectivity index (χ3n) is 2.37. The van der Waals surface area contributed by atoms with Gasteiger partial charge in [-0.15, -0.1) is 0 Å². The summed E-state index contributed by atoms with van der Waals surface area (Å²) < 4.78 is 5.23. The topological polar surface area (TPSA) is 64.3 Å². The van der Waals surface area contributed by atoms with E-state index in [1.54, 1.807) is 0 Å². The molecule has 0 bridgehead atoms. The Kier molecular flexibility index (Phi) is 6.65.